The lowest BCUT2D eigenvalue weighted by molar-refractivity contribution is -0.139. The van der Waals surface area contributed by atoms with Crippen LogP contribution in [-0.4, -0.2) is 29.3 Å². The van der Waals surface area contributed by atoms with Gasteiger partial charge in [-0.05, 0) is 44.0 Å². The van der Waals surface area contributed by atoms with Crippen molar-refractivity contribution in [1.82, 2.24) is 4.90 Å². The van der Waals surface area contributed by atoms with Crippen LogP contribution in [0.2, 0.25) is 0 Å². The van der Waals surface area contributed by atoms with Crippen molar-refractivity contribution in [3.63, 3.8) is 0 Å². The van der Waals surface area contributed by atoms with E-state index in [9.17, 15) is 14.4 Å². The Labute approximate surface area is 157 Å². The number of anilines is 1. The zero-order valence-corrected chi connectivity index (χ0v) is 15.0. The van der Waals surface area contributed by atoms with E-state index in [1.807, 2.05) is 31.2 Å². The molecule has 1 saturated heterocycles. The zero-order chi connectivity index (χ0) is 19.0. The molecule has 2 aliphatic rings. The highest BCUT2D eigenvalue weighted by Crippen LogP contribution is 2.35. The van der Waals surface area contributed by atoms with Gasteiger partial charge in [0.25, 0.3) is 5.91 Å². The molecule has 0 spiro atoms. The minimum atomic E-state index is -0.391. The van der Waals surface area contributed by atoms with Crippen molar-refractivity contribution in [2.75, 3.05) is 11.6 Å². The second kappa shape index (κ2) is 6.87. The molecular weight excluding hydrogens is 344 g/mol. The molecule has 27 heavy (non-hydrogen) atoms. The summed E-state index contributed by atoms with van der Waals surface area (Å²) < 4.78 is 5.24. The Hall–Kier alpha value is -3.15. The summed E-state index contributed by atoms with van der Waals surface area (Å²) in [5.41, 5.74) is 1.66. The Kier molecular flexibility index (Phi) is 4.39. The molecule has 2 atom stereocenters. The Morgan fingerprint density at radius 3 is 2.26 bits per heavy atom. The SMILES string of the molecule is Cc1ccc(N(CN2C(=O)[C@H]3CC=CC[C@H]3C2=O)C(=O)c2ccco2)cc1. The second-order valence-electron chi connectivity index (χ2n) is 6.95. The van der Waals surface area contributed by atoms with E-state index in [1.54, 1.807) is 24.3 Å². The first kappa shape index (κ1) is 17.3. The lowest BCUT2D eigenvalue weighted by Gasteiger charge is -2.26. The number of hydrogen-bond acceptors (Lipinski definition) is 4. The average Bonchev–Trinajstić information content (AvgIpc) is 3.30. The molecule has 0 bridgehead atoms. The van der Waals surface area contributed by atoms with Gasteiger partial charge in [-0.15, -0.1) is 0 Å². The van der Waals surface area contributed by atoms with Crippen molar-refractivity contribution in [3.05, 3.63) is 66.1 Å². The molecule has 1 fully saturated rings. The highest BCUT2D eigenvalue weighted by molar-refractivity contribution is 6.08. The molecule has 1 aliphatic carbocycles. The van der Waals surface area contributed by atoms with E-state index >= 15 is 0 Å². The van der Waals surface area contributed by atoms with E-state index < -0.39 is 5.91 Å². The lowest BCUT2D eigenvalue weighted by Crippen LogP contribution is -2.44. The van der Waals surface area contributed by atoms with Crippen molar-refractivity contribution in [3.8, 4) is 0 Å². The van der Waals surface area contributed by atoms with Crippen LogP contribution in [-0.2, 0) is 9.59 Å². The number of fused-ring (bicyclic) bond motifs is 1. The van der Waals surface area contributed by atoms with Crippen molar-refractivity contribution < 1.29 is 18.8 Å². The third kappa shape index (κ3) is 3.07. The van der Waals surface area contributed by atoms with Gasteiger partial charge in [0.2, 0.25) is 11.8 Å². The summed E-state index contributed by atoms with van der Waals surface area (Å²) in [6.07, 6.45) is 6.46. The minimum absolute atomic E-state index is 0.118. The molecule has 1 aromatic carbocycles. The van der Waals surface area contributed by atoms with Gasteiger partial charge in [-0.1, -0.05) is 29.8 Å². The van der Waals surface area contributed by atoms with Gasteiger partial charge in [-0.25, -0.2) is 0 Å². The van der Waals surface area contributed by atoms with Gasteiger partial charge < -0.3 is 4.42 Å². The number of furan rings is 1. The van der Waals surface area contributed by atoms with Crippen LogP contribution in [0.5, 0.6) is 0 Å². The predicted molar refractivity (Wildman–Crippen MR) is 98.8 cm³/mol. The van der Waals surface area contributed by atoms with Gasteiger partial charge in [-0.2, -0.15) is 0 Å². The van der Waals surface area contributed by atoms with E-state index in [0.29, 0.717) is 18.5 Å². The van der Waals surface area contributed by atoms with Gasteiger partial charge in [-0.3, -0.25) is 24.2 Å². The Balaban J connectivity index is 1.65. The number of carbonyl (C=O) groups excluding carboxylic acids is 3. The molecular formula is C21H20N2O4. The van der Waals surface area contributed by atoms with Crippen LogP contribution in [0.15, 0.2) is 59.2 Å². The summed E-state index contributed by atoms with van der Waals surface area (Å²) >= 11 is 0. The quantitative estimate of drug-likeness (QED) is 0.617. The number of carbonyl (C=O) groups is 3. The number of imide groups is 1. The van der Waals surface area contributed by atoms with Gasteiger partial charge in [0.15, 0.2) is 5.76 Å². The molecule has 4 rings (SSSR count). The molecule has 0 unspecified atom stereocenters. The number of aryl methyl sites for hydroxylation is 1. The Morgan fingerprint density at radius 2 is 1.70 bits per heavy atom. The average molecular weight is 364 g/mol. The summed E-state index contributed by atoms with van der Waals surface area (Å²) in [5.74, 6) is -1.29. The minimum Gasteiger partial charge on any atom is -0.459 e. The molecule has 0 saturated carbocycles. The molecule has 0 N–H and O–H groups in total. The number of hydrogen-bond donors (Lipinski definition) is 0. The number of nitrogens with zero attached hydrogens (tertiary/aromatic N) is 2. The maximum atomic E-state index is 13.0. The monoisotopic (exact) mass is 364 g/mol. The molecule has 138 valence electrons. The summed E-state index contributed by atoms with van der Waals surface area (Å²) in [4.78, 5) is 41.2. The van der Waals surface area contributed by atoms with Crippen LogP contribution >= 0.6 is 0 Å². The lowest BCUT2D eigenvalue weighted by atomic mass is 9.85. The first-order valence-corrected chi connectivity index (χ1v) is 8.98. The Bertz CT molecular complexity index is 873. The first-order valence-electron chi connectivity index (χ1n) is 8.98. The fourth-order valence-corrected chi connectivity index (χ4v) is 3.67. The third-order valence-electron chi connectivity index (χ3n) is 5.20. The van der Waals surface area contributed by atoms with Crippen LogP contribution < -0.4 is 4.90 Å². The van der Waals surface area contributed by atoms with E-state index in [-0.39, 0.29) is 36.1 Å². The molecule has 0 radical (unpaired) electrons. The highest BCUT2D eigenvalue weighted by Gasteiger charge is 2.48. The van der Waals surface area contributed by atoms with Gasteiger partial charge in [0.05, 0.1) is 18.1 Å². The Morgan fingerprint density at radius 1 is 1.07 bits per heavy atom. The van der Waals surface area contributed by atoms with Crippen LogP contribution in [0.1, 0.15) is 29.0 Å². The number of amides is 3. The van der Waals surface area contributed by atoms with Crippen LogP contribution in [0.25, 0.3) is 0 Å². The van der Waals surface area contributed by atoms with Crippen molar-refractivity contribution in [2.45, 2.75) is 19.8 Å². The third-order valence-corrected chi connectivity index (χ3v) is 5.20. The largest absolute Gasteiger partial charge is 0.459 e. The molecule has 1 aromatic heterocycles. The fourth-order valence-electron chi connectivity index (χ4n) is 3.67. The smallest absolute Gasteiger partial charge is 0.295 e. The number of rotatable bonds is 4. The molecule has 2 aromatic rings. The summed E-state index contributed by atoms with van der Waals surface area (Å²) in [6, 6.07) is 10.6. The predicted octanol–water partition coefficient (Wildman–Crippen LogP) is 3.14. The van der Waals surface area contributed by atoms with Crippen molar-refractivity contribution in [1.29, 1.82) is 0 Å². The number of benzene rings is 1. The summed E-state index contributed by atoms with van der Waals surface area (Å²) in [5, 5.41) is 0. The molecule has 3 amide bonds. The topological polar surface area (TPSA) is 70.8 Å². The van der Waals surface area contributed by atoms with Gasteiger partial charge in [0, 0.05) is 5.69 Å². The second-order valence-corrected chi connectivity index (χ2v) is 6.95. The normalized spacial score (nSPS) is 21.4. The fraction of sp³-hybridized carbons (Fsp3) is 0.286. The van der Waals surface area contributed by atoms with Gasteiger partial charge in [0.1, 0.15) is 6.67 Å². The highest BCUT2D eigenvalue weighted by atomic mass is 16.3. The van der Waals surface area contributed by atoms with E-state index in [2.05, 4.69) is 0 Å². The van der Waals surface area contributed by atoms with E-state index in [0.717, 1.165) is 5.56 Å². The molecule has 1 aliphatic heterocycles. The molecule has 2 heterocycles. The molecule has 6 nitrogen and oxygen atoms in total. The van der Waals surface area contributed by atoms with Crippen molar-refractivity contribution in [2.24, 2.45) is 11.8 Å². The van der Waals surface area contributed by atoms with E-state index in [4.69, 9.17) is 4.42 Å². The van der Waals surface area contributed by atoms with Gasteiger partial charge >= 0.3 is 0 Å². The summed E-state index contributed by atoms with van der Waals surface area (Å²) in [7, 11) is 0. The summed E-state index contributed by atoms with van der Waals surface area (Å²) in [6.45, 7) is 1.83. The van der Waals surface area contributed by atoms with E-state index in [1.165, 1.54) is 16.1 Å². The number of allylic oxidation sites excluding steroid dienone is 2. The van der Waals surface area contributed by atoms with Crippen molar-refractivity contribution >= 4 is 23.4 Å². The molecule has 6 heteroatoms. The van der Waals surface area contributed by atoms with Crippen LogP contribution in [0.3, 0.4) is 0 Å². The maximum absolute atomic E-state index is 13.0. The standard InChI is InChI=1S/C21H20N2O4/c1-14-8-10-15(11-9-14)22(21(26)18-7-4-12-27-18)13-23-19(24)16-5-2-3-6-17(16)20(23)25/h2-4,7-12,16-17H,5-6,13H2,1H3/t16-,17+. The number of likely N-dealkylation sites (tertiary alicyclic amines) is 1. The zero-order valence-electron chi connectivity index (χ0n) is 15.0. The van der Waals surface area contributed by atoms with Crippen LogP contribution in [0.4, 0.5) is 5.69 Å². The maximum Gasteiger partial charge on any atom is 0.295 e. The van der Waals surface area contributed by atoms with Crippen LogP contribution in [0, 0.1) is 18.8 Å². The first-order chi connectivity index (χ1) is 13.1.